The maximum atomic E-state index is 12.7. The third-order valence-electron chi connectivity index (χ3n) is 4.54. The van der Waals surface area contributed by atoms with E-state index in [0.717, 1.165) is 10.9 Å². The number of aromatic nitrogens is 1. The van der Waals surface area contributed by atoms with Gasteiger partial charge in [-0.3, -0.25) is 14.4 Å². The van der Waals surface area contributed by atoms with Crippen LogP contribution in [0.25, 0.3) is 10.9 Å². The number of carbonyl (C=O) groups is 2. The van der Waals surface area contributed by atoms with Crippen molar-refractivity contribution in [3.8, 4) is 0 Å². The van der Waals surface area contributed by atoms with E-state index in [1.807, 2.05) is 18.2 Å². The van der Waals surface area contributed by atoms with Crippen molar-refractivity contribution in [2.45, 2.75) is 12.5 Å². The molecule has 0 saturated carbocycles. The second-order valence-corrected chi connectivity index (χ2v) is 6.03. The van der Waals surface area contributed by atoms with Crippen molar-refractivity contribution >= 4 is 22.8 Å². The standard InChI is InChI=1S/C17H18N2O5/c1-18-13-5-3-2-4-10(13)8-11(15(18)21)16(22)19-7-6-14(20)12(9-19)17(23)24/h2-5,8,12,14,20H,6-7,9H2,1H3,(H,23,24)/t12-,14+/m1/s1. The molecule has 0 radical (unpaired) electrons. The molecule has 24 heavy (non-hydrogen) atoms. The smallest absolute Gasteiger partial charge is 0.310 e. The highest BCUT2D eigenvalue weighted by Crippen LogP contribution is 2.20. The fraction of sp³-hybridized carbons (Fsp3) is 0.353. The Hall–Kier alpha value is -2.67. The first kappa shape index (κ1) is 16.2. The predicted octanol–water partition coefficient (Wildman–Crippen LogP) is 0.446. The zero-order chi connectivity index (χ0) is 17.4. The van der Waals surface area contributed by atoms with E-state index in [1.54, 1.807) is 19.2 Å². The van der Waals surface area contributed by atoms with E-state index < -0.39 is 29.5 Å². The topological polar surface area (TPSA) is 99.8 Å². The van der Waals surface area contributed by atoms with Crippen molar-refractivity contribution in [1.29, 1.82) is 0 Å². The molecule has 2 atom stereocenters. The Kier molecular flexibility index (Phi) is 4.11. The van der Waals surface area contributed by atoms with Crippen molar-refractivity contribution in [2.75, 3.05) is 13.1 Å². The molecular formula is C17H18N2O5. The molecule has 0 bridgehead atoms. The van der Waals surface area contributed by atoms with Crippen LogP contribution in [0.2, 0.25) is 0 Å². The molecule has 2 N–H and O–H groups in total. The average molecular weight is 330 g/mol. The van der Waals surface area contributed by atoms with Crippen LogP contribution in [0.5, 0.6) is 0 Å². The van der Waals surface area contributed by atoms with E-state index in [0.29, 0.717) is 0 Å². The largest absolute Gasteiger partial charge is 0.481 e. The number of fused-ring (bicyclic) bond motifs is 1. The lowest BCUT2D eigenvalue weighted by atomic mass is 9.94. The van der Waals surface area contributed by atoms with Gasteiger partial charge in [0.1, 0.15) is 11.5 Å². The van der Waals surface area contributed by atoms with Gasteiger partial charge in [-0.15, -0.1) is 0 Å². The van der Waals surface area contributed by atoms with Gasteiger partial charge in [0.15, 0.2) is 0 Å². The lowest BCUT2D eigenvalue weighted by molar-refractivity contribution is -0.148. The Morgan fingerprint density at radius 2 is 1.96 bits per heavy atom. The highest BCUT2D eigenvalue weighted by Gasteiger charge is 2.35. The number of aliphatic carboxylic acids is 1. The van der Waals surface area contributed by atoms with Crippen LogP contribution in [0.15, 0.2) is 35.1 Å². The van der Waals surface area contributed by atoms with Crippen molar-refractivity contribution < 1.29 is 19.8 Å². The summed E-state index contributed by atoms with van der Waals surface area (Å²) in [4.78, 5) is 37.8. The highest BCUT2D eigenvalue weighted by molar-refractivity contribution is 5.97. The number of pyridine rings is 1. The number of benzene rings is 1. The molecular weight excluding hydrogens is 312 g/mol. The minimum absolute atomic E-state index is 0.0109. The number of likely N-dealkylation sites (tertiary alicyclic amines) is 1. The highest BCUT2D eigenvalue weighted by atomic mass is 16.4. The van der Waals surface area contributed by atoms with E-state index >= 15 is 0 Å². The van der Waals surface area contributed by atoms with Crippen LogP contribution in [-0.2, 0) is 11.8 Å². The molecule has 1 saturated heterocycles. The van der Waals surface area contributed by atoms with Gasteiger partial charge >= 0.3 is 5.97 Å². The number of nitrogens with zero attached hydrogens (tertiary/aromatic N) is 2. The van der Waals surface area contributed by atoms with E-state index in [4.69, 9.17) is 5.11 Å². The molecule has 7 heteroatoms. The molecule has 0 aliphatic carbocycles. The predicted molar refractivity (Wildman–Crippen MR) is 86.8 cm³/mol. The summed E-state index contributed by atoms with van der Waals surface area (Å²) >= 11 is 0. The van der Waals surface area contributed by atoms with Crippen molar-refractivity contribution in [3.63, 3.8) is 0 Å². The van der Waals surface area contributed by atoms with Gasteiger partial charge in [0.25, 0.3) is 11.5 Å². The zero-order valence-electron chi connectivity index (χ0n) is 13.2. The third-order valence-corrected chi connectivity index (χ3v) is 4.54. The molecule has 1 amide bonds. The molecule has 2 heterocycles. The number of amides is 1. The van der Waals surface area contributed by atoms with Gasteiger partial charge < -0.3 is 19.7 Å². The first-order valence-corrected chi connectivity index (χ1v) is 7.69. The fourth-order valence-corrected chi connectivity index (χ4v) is 3.11. The van der Waals surface area contributed by atoms with Gasteiger partial charge in [-0.2, -0.15) is 0 Å². The summed E-state index contributed by atoms with van der Waals surface area (Å²) in [7, 11) is 1.60. The lowest BCUT2D eigenvalue weighted by Gasteiger charge is -2.34. The summed E-state index contributed by atoms with van der Waals surface area (Å²) < 4.78 is 1.41. The molecule has 1 aliphatic rings. The minimum Gasteiger partial charge on any atom is -0.481 e. The zero-order valence-corrected chi connectivity index (χ0v) is 13.2. The number of carboxylic acid groups (broad SMARTS) is 1. The number of piperidine rings is 1. The Balaban J connectivity index is 1.98. The van der Waals surface area contributed by atoms with E-state index in [-0.39, 0.29) is 25.1 Å². The van der Waals surface area contributed by atoms with Crippen molar-refractivity contribution in [3.05, 3.63) is 46.2 Å². The van der Waals surface area contributed by atoms with Gasteiger partial charge in [-0.25, -0.2) is 0 Å². The molecule has 0 unspecified atom stereocenters. The first-order valence-electron chi connectivity index (χ1n) is 7.69. The van der Waals surface area contributed by atoms with Crippen LogP contribution in [0.3, 0.4) is 0 Å². The number of rotatable bonds is 2. The molecule has 7 nitrogen and oxygen atoms in total. The van der Waals surface area contributed by atoms with Crippen LogP contribution >= 0.6 is 0 Å². The summed E-state index contributed by atoms with van der Waals surface area (Å²) in [6, 6.07) is 8.78. The number of hydrogen-bond donors (Lipinski definition) is 2. The SMILES string of the molecule is Cn1c(=O)c(C(=O)N2CC[C@H](O)[C@H](C(=O)O)C2)cc2ccccc21. The summed E-state index contributed by atoms with van der Waals surface area (Å²) in [5.41, 5.74) is 0.310. The molecule has 1 aromatic heterocycles. The van der Waals surface area contributed by atoms with Gasteiger partial charge in [-0.05, 0) is 23.9 Å². The van der Waals surface area contributed by atoms with Crippen LogP contribution in [0.1, 0.15) is 16.8 Å². The second kappa shape index (κ2) is 6.09. The first-order chi connectivity index (χ1) is 11.4. The van der Waals surface area contributed by atoms with Gasteiger partial charge in [0.2, 0.25) is 0 Å². The van der Waals surface area contributed by atoms with E-state index in [9.17, 15) is 19.5 Å². The minimum atomic E-state index is -1.15. The second-order valence-electron chi connectivity index (χ2n) is 6.03. The normalized spacial score (nSPS) is 21.0. The van der Waals surface area contributed by atoms with Crippen molar-refractivity contribution in [2.24, 2.45) is 13.0 Å². The van der Waals surface area contributed by atoms with Gasteiger partial charge in [0, 0.05) is 20.1 Å². The fourth-order valence-electron chi connectivity index (χ4n) is 3.11. The van der Waals surface area contributed by atoms with Crippen LogP contribution in [-0.4, -0.2) is 50.8 Å². The molecule has 0 spiro atoms. The Morgan fingerprint density at radius 1 is 1.25 bits per heavy atom. The third kappa shape index (κ3) is 2.67. The number of aliphatic hydroxyl groups excluding tert-OH is 1. The van der Waals surface area contributed by atoms with E-state index in [2.05, 4.69) is 0 Å². The number of aryl methyl sites for hydroxylation is 1. The summed E-state index contributed by atoms with van der Waals surface area (Å²) in [5.74, 6) is -2.68. The Bertz CT molecular complexity index is 873. The Labute approximate surface area is 137 Å². The monoisotopic (exact) mass is 330 g/mol. The molecule has 2 aromatic rings. The van der Waals surface area contributed by atoms with E-state index in [1.165, 1.54) is 9.47 Å². The van der Waals surface area contributed by atoms with Crippen LogP contribution in [0, 0.1) is 5.92 Å². The van der Waals surface area contributed by atoms with Crippen molar-refractivity contribution in [1.82, 2.24) is 9.47 Å². The number of para-hydroxylation sites is 1. The summed E-state index contributed by atoms with van der Waals surface area (Å²) in [5, 5.41) is 19.7. The molecule has 1 fully saturated rings. The lowest BCUT2D eigenvalue weighted by Crippen LogP contribution is -2.49. The van der Waals surface area contributed by atoms with Crippen LogP contribution < -0.4 is 5.56 Å². The number of hydrogen-bond acceptors (Lipinski definition) is 4. The Morgan fingerprint density at radius 3 is 2.67 bits per heavy atom. The van der Waals surface area contributed by atoms with Gasteiger partial charge in [0.05, 0.1) is 11.6 Å². The molecule has 1 aliphatic heterocycles. The quantitative estimate of drug-likeness (QED) is 0.832. The maximum absolute atomic E-state index is 12.7. The van der Waals surface area contributed by atoms with Gasteiger partial charge in [-0.1, -0.05) is 18.2 Å². The summed E-state index contributed by atoms with van der Waals surface area (Å²) in [6.45, 7) is 0.116. The average Bonchev–Trinajstić information content (AvgIpc) is 2.57. The molecule has 1 aromatic carbocycles. The number of aliphatic hydroxyl groups is 1. The summed E-state index contributed by atoms with van der Waals surface area (Å²) in [6.07, 6.45) is -0.803. The molecule has 3 rings (SSSR count). The number of carbonyl (C=O) groups excluding carboxylic acids is 1. The van der Waals surface area contributed by atoms with Crippen LogP contribution in [0.4, 0.5) is 0 Å². The molecule has 126 valence electrons. The number of carboxylic acids is 1. The maximum Gasteiger partial charge on any atom is 0.310 e.